The number of hydrogen-bond acceptors (Lipinski definition) is 2. The van der Waals surface area contributed by atoms with E-state index in [0.717, 1.165) is 11.8 Å². The van der Waals surface area contributed by atoms with Gasteiger partial charge in [0, 0.05) is 30.7 Å². The molecule has 0 spiro atoms. The summed E-state index contributed by atoms with van der Waals surface area (Å²) in [6, 6.07) is 0. The van der Waals surface area contributed by atoms with Gasteiger partial charge >= 0.3 is 0 Å². The third-order valence-corrected chi connectivity index (χ3v) is 6.80. The van der Waals surface area contributed by atoms with Crippen LogP contribution in [0.5, 0.6) is 0 Å². The van der Waals surface area contributed by atoms with Crippen LogP contribution in [0.4, 0.5) is 0 Å². The van der Waals surface area contributed by atoms with Gasteiger partial charge in [0.2, 0.25) is 0 Å². The van der Waals surface area contributed by atoms with Gasteiger partial charge in [-0.3, -0.25) is 4.90 Å². The average molecular weight is 278 g/mol. The Hall–Kier alpha value is -0.0800. The number of rotatable bonds is 5. The van der Waals surface area contributed by atoms with Gasteiger partial charge in [-0.1, -0.05) is 26.7 Å². The van der Waals surface area contributed by atoms with Crippen LogP contribution in [-0.4, -0.2) is 35.6 Å². The normalized spacial score (nSPS) is 35.5. The summed E-state index contributed by atoms with van der Waals surface area (Å²) in [5.74, 6) is 1.95. The molecule has 1 heterocycles. The smallest absolute Gasteiger partial charge is 0.0335 e. The van der Waals surface area contributed by atoms with E-state index in [-0.39, 0.29) is 0 Å². The molecule has 1 atom stereocenters. The number of nitrogens with zero attached hydrogens (tertiary/aromatic N) is 1. The molecule has 20 heavy (non-hydrogen) atoms. The molecule has 3 rings (SSSR count). The second-order valence-corrected chi connectivity index (χ2v) is 8.00. The van der Waals surface area contributed by atoms with Crippen molar-refractivity contribution in [2.45, 2.75) is 83.2 Å². The lowest BCUT2D eigenvalue weighted by atomic mass is 9.81. The first-order chi connectivity index (χ1) is 9.62. The van der Waals surface area contributed by atoms with Crippen LogP contribution in [-0.2, 0) is 0 Å². The summed E-state index contributed by atoms with van der Waals surface area (Å²) < 4.78 is 0. The molecule has 2 aliphatic carbocycles. The molecular formula is C18H34N2. The molecule has 0 aromatic heterocycles. The van der Waals surface area contributed by atoms with Gasteiger partial charge < -0.3 is 5.32 Å². The molecule has 0 amide bonds. The van der Waals surface area contributed by atoms with E-state index in [4.69, 9.17) is 0 Å². The number of nitrogens with one attached hydrogen (secondary N) is 1. The van der Waals surface area contributed by atoms with Crippen molar-refractivity contribution in [2.24, 2.45) is 11.8 Å². The Morgan fingerprint density at radius 2 is 1.70 bits per heavy atom. The molecule has 0 aromatic carbocycles. The topological polar surface area (TPSA) is 15.3 Å². The van der Waals surface area contributed by atoms with Crippen LogP contribution in [0.3, 0.4) is 0 Å². The molecule has 0 aromatic rings. The standard InChI is InChI=1S/C18H34N2/c1-4-18(5-2)14-20(12-15-8-6-7-9-15)17(3,13-19-18)16-10-11-16/h15-16,19H,4-14H2,1-3H3. The zero-order valence-corrected chi connectivity index (χ0v) is 13.9. The van der Waals surface area contributed by atoms with Crippen molar-refractivity contribution in [1.29, 1.82) is 0 Å². The maximum Gasteiger partial charge on any atom is 0.0335 e. The monoisotopic (exact) mass is 278 g/mol. The summed E-state index contributed by atoms with van der Waals surface area (Å²) in [5.41, 5.74) is 0.823. The van der Waals surface area contributed by atoms with Gasteiger partial charge in [-0.15, -0.1) is 0 Å². The van der Waals surface area contributed by atoms with Crippen molar-refractivity contribution in [3.8, 4) is 0 Å². The summed E-state index contributed by atoms with van der Waals surface area (Å²) in [7, 11) is 0. The van der Waals surface area contributed by atoms with E-state index in [0.29, 0.717) is 11.1 Å². The molecule has 116 valence electrons. The summed E-state index contributed by atoms with van der Waals surface area (Å²) >= 11 is 0. The third kappa shape index (κ3) is 2.66. The van der Waals surface area contributed by atoms with Crippen molar-refractivity contribution in [3.05, 3.63) is 0 Å². The van der Waals surface area contributed by atoms with Crippen LogP contribution >= 0.6 is 0 Å². The summed E-state index contributed by atoms with van der Waals surface area (Å²) in [5, 5.41) is 3.96. The number of hydrogen-bond donors (Lipinski definition) is 1. The Morgan fingerprint density at radius 1 is 1.05 bits per heavy atom. The SMILES string of the molecule is CCC1(CC)CN(CC2CCCC2)C(C)(C2CC2)CN1. The second kappa shape index (κ2) is 5.61. The molecule has 2 saturated carbocycles. The van der Waals surface area contributed by atoms with Crippen LogP contribution in [0.25, 0.3) is 0 Å². The van der Waals surface area contributed by atoms with Crippen LogP contribution in [0.1, 0.15) is 72.1 Å². The minimum atomic E-state index is 0.382. The highest BCUT2D eigenvalue weighted by molar-refractivity contribution is 5.09. The van der Waals surface area contributed by atoms with Crippen molar-refractivity contribution in [3.63, 3.8) is 0 Å². The van der Waals surface area contributed by atoms with Gasteiger partial charge in [-0.25, -0.2) is 0 Å². The van der Waals surface area contributed by atoms with Gasteiger partial charge in [0.15, 0.2) is 0 Å². The van der Waals surface area contributed by atoms with Crippen molar-refractivity contribution >= 4 is 0 Å². The first kappa shape index (κ1) is 14.8. The molecule has 2 nitrogen and oxygen atoms in total. The lowest BCUT2D eigenvalue weighted by Crippen LogP contribution is -2.70. The molecule has 0 bridgehead atoms. The van der Waals surface area contributed by atoms with Gasteiger partial charge in [0.25, 0.3) is 0 Å². The van der Waals surface area contributed by atoms with Crippen molar-refractivity contribution < 1.29 is 0 Å². The highest BCUT2D eigenvalue weighted by Gasteiger charge is 2.51. The van der Waals surface area contributed by atoms with E-state index in [9.17, 15) is 0 Å². The fraction of sp³-hybridized carbons (Fsp3) is 1.00. The summed E-state index contributed by atoms with van der Waals surface area (Å²) in [4.78, 5) is 2.92. The minimum Gasteiger partial charge on any atom is -0.308 e. The highest BCUT2D eigenvalue weighted by atomic mass is 15.3. The van der Waals surface area contributed by atoms with Crippen LogP contribution in [0.15, 0.2) is 0 Å². The molecule has 3 fully saturated rings. The van der Waals surface area contributed by atoms with E-state index in [1.165, 1.54) is 71.0 Å². The predicted octanol–water partition coefficient (Wildman–Crippen LogP) is 3.81. The lowest BCUT2D eigenvalue weighted by molar-refractivity contribution is -0.0119. The van der Waals surface area contributed by atoms with E-state index in [1.54, 1.807) is 0 Å². The fourth-order valence-corrected chi connectivity index (χ4v) is 4.69. The molecule has 1 unspecified atom stereocenters. The highest BCUT2D eigenvalue weighted by Crippen LogP contribution is 2.46. The molecule has 2 heteroatoms. The zero-order chi connectivity index (χ0) is 14.2. The Morgan fingerprint density at radius 3 is 2.25 bits per heavy atom. The zero-order valence-electron chi connectivity index (χ0n) is 13.9. The van der Waals surface area contributed by atoms with Gasteiger partial charge in [0.05, 0.1) is 0 Å². The quantitative estimate of drug-likeness (QED) is 0.822. The van der Waals surface area contributed by atoms with Crippen molar-refractivity contribution in [1.82, 2.24) is 10.2 Å². The molecule has 1 N–H and O–H groups in total. The van der Waals surface area contributed by atoms with E-state index >= 15 is 0 Å². The lowest BCUT2D eigenvalue weighted by Gasteiger charge is -2.54. The summed E-state index contributed by atoms with van der Waals surface area (Å²) in [6.07, 6.45) is 11.4. The largest absolute Gasteiger partial charge is 0.308 e. The fourth-order valence-electron chi connectivity index (χ4n) is 4.69. The van der Waals surface area contributed by atoms with Crippen LogP contribution in [0, 0.1) is 11.8 Å². The predicted molar refractivity (Wildman–Crippen MR) is 86.0 cm³/mol. The second-order valence-electron chi connectivity index (χ2n) is 8.00. The Balaban J connectivity index is 1.74. The van der Waals surface area contributed by atoms with Crippen LogP contribution < -0.4 is 5.32 Å². The van der Waals surface area contributed by atoms with Crippen molar-refractivity contribution in [2.75, 3.05) is 19.6 Å². The van der Waals surface area contributed by atoms with Gasteiger partial charge in [0.1, 0.15) is 0 Å². The first-order valence-electron chi connectivity index (χ1n) is 9.12. The number of piperazine rings is 1. The third-order valence-electron chi connectivity index (χ3n) is 6.80. The van der Waals surface area contributed by atoms with Gasteiger partial charge in [-0.05, 0) is 57.3 Å². The minimum absolute atomic E-state index is 0.382. The summed E-state index contributed by atoms with van der Waals surface area (Å²) in [6.45, 7) is 11.1. The molecule has 0 radical (unpaired) electrons. The Labute approximate surface area is 125 Å². The molecule has 1 saturated heterocycles. The molecular weight excluding hydrogens is 244 g/mol. The molecule has 1 aliphatic heterocycles. The van der Waals surface area contributed by atoms with E-state index < -0.39 is 0 Å². The maximum atomic E-state index is 3.96. The Kier molecular flexibility index (Phi) is 4.16. The first-order valence-corrected chi connectivity index (χ1v) is 9.12. The maximum absolute atomic E-state index is 3.96. The van der Waals surface area contributed by atoms with E-state index in [1.807, 2.05) is 0 Å². The van der Waals surface area contributed by atoms with Gasteiger partial charge in [-0.2, -0.15) is 0 Å². The Bertz CT molecular complexity index is 326. The molecule has 3 aliphatic rings. The van der Waals surface area contributed by atoms with E-state index in [2.05, 4.69) is 31.0 Å². The average Bonchev–Trinajstić information content (AvgIpc) is 3.21. The van der Waals surface area contributed by atoms with Crippen LogP contribution in [0.2, 0.25) is 0 Å².